The largest absolute Gasteiger partial charge is 0.461 e. The number of aliphatic imine (C=N–C) groups is 1. The molecule has 0 amide bonds. The van der Waals surface area contributed by atoms with Gasteiger partial charge < -0.3 is 23.7 Å². The summed E-state index contributed by atoms with van der Waals surface area (Å²) in [5, 5.41) is 2.35. The van der Waals surface area contributed by atoms with Gasteiger partial charge in [0.25, 0.3) is 0 Å². The van der Waals surface area contributed by atoms with E-state index in [1.54, 1.807) is 0 Å². The van der Waals surface area contributed by atoms with Gasteiger partial charge in [-0.15, -0.1) is 0 Å². The second-order valence-corrected chi connectivity index (χ2v) is 7.18. The van der Waals surface area contributed by atoms with E-state index < -0.39 is 29.7 Å². The fraction of sp³-hybridized carbons (Fsp3) is 0.579. The zero-order valence-electron chi connectivity index (χ0n) is 15.5. The van der Waals surface area contributed by atoms with E-state index in [-0.39, 0.29) is 19.3 Å². The molecule has 1 aromatic carbocycles. The Morgan fingerprint density at radius 1 is 1.33 bits per heavy atom. The first-order valence-electron chi connectivity index (χ1n) is 8.73. The Labute approximate surface area is 163 Å². The number of isothiocyanates is 1. The number of fused-ring (bicyclic) bond motifs is 1. The van der Waals surface area contributed by atoms with Gasteiger partial charge in [0, 0.05) is 6.92 Å². The monoisotopic (exact) mass is 393 g/mol. The minimum absolute atomic E-state index is 0.154. The van der Waals surface area contributed by atoms with Crippen molar-refractivity contribution in [3.05, 3.63) is 35.9 Å². The molecule has 3 rings (SSSR count). The Morgan fingerprint density at radius 3 is 2.74 bits per heavy atom. The normalized spacial score (nSPS) is 31.6. The highest BCUT2D eigenvalue weighted by atomic mass is 32.1. The molecule has 2 heterocycles. The van der Waals surface area contributed by atoms with Crippen molar-refractivity contribution in [2.75, 3.05) is 13.2 Å². The molecule has 0 aromatic heterocycles. The van der Waals surface area contributed by atoms with Crippen molar-refractivity contribution in [1.82, 2.24) is 0 Å². The number of hydrogen-bond acceptors (Lipinski definition) is 8. The van der Waals surface area contributed by atoms with Crippen molar-refractivity contribution in [3.63, 3.8) is 0 Å². The van der Waals surface area contributed by atoms with Crippen molar-refractivity contribution in [1.29, 1.82) is 0 Å². The van der Waals surface area contributed by atoms with Gasteiger partial charge in [-0.2, -0.15) is 4.99 Å². The zero-order valence-corrected chi connectivity index (χ0v) is 16.4. The first-order valence-corrected chi connectivity index (χ1v) is 9.13. The Kier molecular flexibility index (Phi) is 6.05. The zero-order chi connectivity index (χ0) is 19.5. The quantitative estimate of drug-likeness (QED) is 0.417. The van der Waals surface area contributed by atoms with E-state index in [1.807, 2.05) is 44.2 Å². The van der Waals surface area contributed by atoms with Crippen molar-refractivity contribution in [2.24, 2.45) is 4.99 Å². The van der Waals surface area contributed by atoms with Crippen molar-refractivity contribution >= 4 is 23.3 Å². The molecule has 0 radical (unpaired) electrons. The highest BCUT2D eigenvalue weighted by Crippen LogP contribution is 2.41. The highest BCUT2D eigenvalue weighted by molar-refractivity contribution is 7.78. The van der Waals surface area contributed by atoms with Crippen LogP contribution in [0.2, 0.25) is 0 Å². The maximum absolute atomic E-state index is 11.4. The van der Waals surface area contributed by atoms with Crippen LogP contribution in [0.4, 0.5) is 0 Å². The molecule has 7 nitrogen and oxygen atoms in total. The minimum Gasteiger partial charge on any atom is -0.461 e. The van der Waals surface area contributed by atoms with Crippen LogP contribution in [0.3, 0.4) is 0 Å². The molecule has 2 aliphatic rings. The topological polar surface area (TPSA) is 75.6 Å². The lowest BCUT2D eigenvalue weighted by atomic mass is 9.95. The van der Waals surface area contributed by atoms with Gasteiger partial charge in [-0.1, -0.05) is 30.3 Å². The highest BCUT2D eigenvalue weighted by Gasteiger charge is 2.59. The first-order chi connectivity index (χ1) is 12.9. The van der Waals surface area contributed by atoms with Gasteiger partial charge in [0.1, 0.15) is 24.9 Å². The van der Waals surface area contributed by atoms with E-state index in [1.165, 1.54) is 6.92 Å². The molecule has 4 atom stereocenters. The first kappa shape index (κ1) is 20.1. The number of rotatable bonds is 6. The fourth-order valence-corrected chi connectivity index (χ4v) is 3.49. The van der Waals surface area contributed by atoms with Crippen molar-refractivity contribution in [3.8, 4) is 0 Å². The molecule has 27 heavy (non-hydrogen) atoms. The summed E-state index contributed by atoms with van der Waals surface area (Å²) in [7, 11) is 0. The molecule has 146 valence electrons. The number of nitrogens with zero attached hydrogens (tertiary/aromatic N) is 1. The summed E-state index contributed by atoms with van der Waals surface area (Å²) in [6.07, 6.45) is -1.49. The van der Waals surface area contributed by atoms with E-state index in [4.69, 9.17) is 35.9 Å². The molecule has 0 N–H and O–H groups in total. The van der Waals surface area contributed by atoms with Crippen molar-refractivity contribution in [2.45, 2.75) is 57.2 Å². The molecule has 0 unspecified atom stereocenters. The maximum Gasteiger partial charge on any atom is 0.302 e. The Bertz CT molecular complexity index is 720. The number of carbonyl (C=O) groups is 1. The average molecular weight is 393 g/mol. The fourth-order valence-electron chi connectivity index (χ4n) is 3.33. The third-order valence-corrected chi connectivity index (χ3v) is 4.54. The summed E-state index contributed by atoms with van der Waals surface area (Å²) >= 11 is 4.82. The van der Waals surface area contributed by atoms with Gasteiger partial charge in [-0.25, -0.2) is 0 Å². The van der Waals surface area contributed by atoms with Crippen LogP contribution < -0.4 is 0 Å². The number of ether oxygens (including phenoxy) is 5. The number of thiocarbonyl (C=S) groups is 1. The molecule has 0 aliphatic carbocycles. The van der Waals surface area contributed by atoms with E-state index in [9.17, 15) is 4.79 Å². The molecular formula is C19H23NO6S. The molecular weight excluding hydrogens is 370 g/mol. The number of esters is 1. The van der Waals surface area contributed by atoms with E-state index in [0.29, 0.717) is 6.61 Å². The summed E-state index contributed by atoms with van der Waals surface area (Å²) in [6, 6.07) is 9.69. The summed E-state index contributed by atoms with van der Waals surface area (Å²) in [4.78, 5) is 15.6. The molecule has 2 saturated heterocycles. The summed E-state index contributed by atoms with van der Waals surface area (Å²) in [5.74, 6) is -1.24. The number of carbonyl (C=O) groups excluding carboxylic acids is 1. The van der Waals surface area contributed by atoms with Crippen LogP contribution in [0.1, 0.15) is 26.3 Å². The van der Waals surface area contributed by atoms with Crippen LogP contribution in [0, 0.1) is 0 Å². The van der Waals surface area contributed by atoms with Gasteiger partial charge >= 0.3 is 5.97 Å². The third kappa shape index (κ3) is 4.60. The Hall–Kier alpha value is -1.67. The summed E-state index contributed by atoms with van der Waals surface area (Å²) < 4.78 is 29.3. The smallest absolute Gasteiger partial charge is 0.302 e. The third-order valence-electron chi connectivity index (χ3n) is 4.45. The van der Waals surface area contributed by atoms with Crippen LogP contribution in [0.15, 0.2) is 35.3 Å². The van der Waals surface area contributed by atoms with Gasteiger partial charge in [0.15, 0.2) is 5.79 Å². The van der Waals surface area contributed by atoms with Gasteiger partial charge in [-0.3, -0.25) is 4.79 Å². The van der Waals surface area contributed by atoms with Crippen LogP contribution in [-0.4, -0.2) is 54.2 Å². The summed E-state index contributed by atoms with van der Waals surface area (Å²) in [6.45, 7) is 5.33. The lowest BCUT2D eigenvalue weighted by Gasteiger charge is -2.43. The minimum atomic E-state index is -1.34. The Balaban J connectivity index is 1.89. The second-order valence-electron chi connectivity index (χ2n) is 6.99. The molecule has 8 heteroatoms. The number of benzene rings is 1. The molecule has 0 spiro atoms. The standard InChI is InChI=1S/C19H23NO6S/c1-13(21)23-11-19(20-12-27)17(22-9-14-7-5-4-6-8-14)16-15(10-24-19)25-18(2,3)26-16/h4-8,15-17H,9-11H2,1-3H3/t15-,16-,17+,19-/m1/s1. The molecule has 0 saturated carbocycles. The number of hydrogen-bond donors (Lipinski definition) is 0. The molecule has 2 aliphatic heterocycles. The predicted molar refractivity (Wildman–Crippen MR) is 99.2 cm³/mol. The van der Waals surface area contributed by atoms with Crippen LogP contribution >= 0.6 is 12.2 Å². The van der Waals surface area contributed by atoms with Gasteiger partial charge in [-0.05, 0) is 31.6 Å². The summed E-state index contributed by atoms with van der Waals surface area (Å²) in [5.41, 5.74) is -0.363. The lowest BCUT2D eigenvalue weighted by molar-refractivity contribution is -0.241. The predicted octanol–water partition coefficient (Wildman–Crippen LogP) is 2.48. The lowest BCUT2D eigenvalue weighted by Crippen LogP contribution is -2.62. The van der Waals surface area contributed by atoms with E-state index in [2.05, 4.69) is 10.2 Å². The molecule has 1 aromatic rings. The van der Waals surface area contributed by atoms with Crippen LogP contribution in [0.5, 0.6) is 0 Å². The second kappa shape index (κ2) is 8.14. The SMILES string of the molecule is CC(=O)OC[C@@]1(N=C=S)OC[C@H]2OC(C)(C)O[C@H]2[C@@H]1OCc1ccccc1. The average Bonchev–Trinajstić information content (AvgIpc) is 2.94. The van der Waals surface area contributed by atoms with Crippen LogP contribution in [-0.2, 0) is 35.1 Å². The molecule has 0 bridgehead atoms. The van der Waals surface area contributed by atoms with Gasteiger partial charge in [0.05, 0.1) is 18.4 Å². The maximum atomic E-state index is 11.4. The Morgan fingerprint density at radius 2 is 2.07 bits per heavy atom. The van der Waals surface area contributed by atoms with E-state index >= 15 is 0 Å². The molecule has 2 fully saturated rings. The van der Waals surface area contributed by atoms with Crippen LogP contribution in [0.25, 0.3) is 0 Å². The van der Waals surface area contributed by atoms with Crippen molar-refractivity contribution < 1.29 is 28.5 Å². The van der Waals surface area contributed by atoms with Gasteiger partial charge in [0.2, 0.25) is 5.72 Å². The van der Waals surface area contributed by atoms with E-state index in [0.717, 1.165) is 5.56 Å².